The minimum absolute atomic E-state index is 0.129. The molecule has 3 fully saturated rings. The smallest absolute Gasteiger partial charge is 0.190 e. The predicted octanol–water partition coefficient (Wildman–Crippen LogP) is 5.85. The van der Waals surface area contributed by atoms with E-state index in [4.69, 9.17) is 28.7 Å². The average molecular weight is 568 g/mol. The van der Waals surface area contributed by atoms with Crippen molar-refractivity contribution in [3.05, 3.63) is 35.5 Å². The SMILES string of the molecule is CC1(C)O[C@H]2[C@@H](O1)[C@@H](CNCCCCCCCCNc1c3c(nc4ccccc14)CCCC3)O[C@@H]1OC(C)(C)O[C@@H]12. The van der Waals surface area contributed by atoms with E-state index >= 15 is 0 Å². The first kappa shape index (κ1) is 29.3. The highest BCUT2D eigenvalue weighted by molar-refractivity contribution is 5.93. The first-order chi connectivity index (χ1) is 19.8. The van der Waals surface area contributed by atoms with Crippen LogP contribution in [0.15, 0.2) is 24.3 Å². The van der Waals surface area contributed by atoms with Crippen LogP contribution < -0.4 is 10.6 Å². The van der Waals surface area contributed by atoms with Crippen molar-refractivity contribution in [2.45, 2.75) is 134 Å². The maximum absolute atomic E-state index is 6.30. The Bertz CT molecular complexity index is 1190. The van der Waals surface area contributed by atoms with E-state index in [2.05, 4.69) is 34.9 Å². The number of hydrogen-bond acceptors (Lipinski definition) is 8. The highest BCUT2D eigenvalue weighted by atomic mass is 16.9. The molecular formula is C33H49N3O5. The second kappa shape index (κ2) is 12.4. The van der Waals surface area contributed by atoms with Gasteiger partial charge in [-0.05, 0) is 84.4 Å². The Morgan fingerprint density at radius 3 is 2.32 bits per heavy atom. The summed E-state index contributed by atoms with van der Waals surface area (Å²) in [6.07, 6.45) is 11.0. The summed E-state index contributed by atoms with van der Waals surface area (Å²) in [6.45, 7) is 10.5. The molecule has 8 nitrogen and oxygen atoms in total. The lowest BCUT2D eigenvalue weighted by molar-refractivity contribution is -0.232. The summed E-state index contributed by atoms with van der Waals surface area (Å²) in [6, 6.07) is 8.59. The molecule has 5 atom stereocenters. The topological polar surface area (TPSA) is 83.1 Å². The molecule has 4 aliphatic rings. The van der Waals surface area contributed by atoms with Gasteiger partial charge in [-0.25, -0.2) is 0 Å². The fourth-order valence-corrected chi connectivity index (χ4v) is 6.97. The molecule has 3 aliphatic heterocycles. The molecule has 1 aliphatic carbocycles. The summed E-state index contributed by atoms with van der Waals surface area (Å²) in [5.41, 5.74) is 5.23. The van der Waals surface area contributed by atoms with Crippen molar-refractivity contribution in [2.75, 3.05) is 25.0 Å². The van der Waals surface area contributed by atoms with E-state index in [0.717, 1.165) is 37.9 Å². The molecule has 4 heterocycles. The van der Waals surface area contributed by atoms with E-state index in [1.54, 1.807) is 0 Å². The normalized spacial score (nSPS) is 29.7. The molecule has 41 heavy (non-hydrogen) atoms. The lowest BCUT2D eigenvalue weighted by Gasteiger charge is -2.37. The van der Waals surface area contributed by atoms with Gasteiger partial charge in [0, 0.05) is 29.9 Å². The molecular weight excluding hydrogens is 518 g/mol. The number of pyridine rings is 1. The number of aromatic nitrogens is 1. The Balaban J connectivity index is 0.873. The zero-order chi connectivity index (χ0) is 28.5. The van der Waals surface area contributed by atoms with Crippen LogP contribution in [0.3, 0.4) is 0 Å². The number of benzene rings is 1. The molecule has 0 spiro atoms. The number of nitrogens with zero attached hydrogens (tertiary/aromatic N) is 1. The fraction of sp³-hybridized carbons (Fsp3) is 0.727. The number of hydrogen-bond donors (Lipinski definition) is 2. The molecule has 2 aromatic rings. The third kappa shape index (κ3) is 6.73. The van der Waals surface area contributed by atoms with Gasteiger partial charge in [-0.1, -0.05) is 43.9 Å². The van der Waals surface area contributed by atoms with Crippen LogP contribution in [-0.4, -0.2) is 66.9 Å². The quantitative estimate of drug-likeness (QED) is 0.309. The summed E-state index contributed by atoms with van der Waals surface area (Å²) >= 11 is 0. The number of ether oxygens (including phenoxy) is 5. The van der Waals surface area contributed by atoms with Crippen LogP contribution in [0.2, 0.25) is 0 Å². The van der Waals surface area contributed by atoms with Crippen molar-refractivity contribution < 1.29 is 23.7 Å². The van der Waals surface area contributed by atoms with Crippen LogP contribution >= 0.6 is 0 Å². The number of rotatable bonds is 12. The van der Waals surface area contributed by atoms with Gasteiger partial charge in [-0.2, -0.15) is 0 Å². The number of fused-ring (bicyclic) bond motifs is 5. The van der Waals surface area contributed by atoms with Crippen molar-refractivity contribution in [1.29, 1.82) is 0 Å². The first-order valence-corrected chi connectivity index (χ1v) is 16.0. The molecule has 0 amide bonds. The minimum Gasteiger partial charge on any atom is -0.384 e. The molecule has 1 aromatic carbocycles. The van der Waals surface area contributed by atoms with Crippen LogP contribution in [0, 0.1) is 0 Å². The van der Waals surface area contributed by atoms with E-state index < -0.39 is 17.9 Å². The Morgan fingerprint density at radius 1 is 0.780 bits per heavy atom. The van der Waals surface area contributed by atoms with Crippen molar-refractivity contribution in [1.82, 2.24) is 10.3 Å². The first-order valence-electron chi connectivity index (χ1n) is 16.0. The van der Waals surface area contributed by atoms with Gasteiger partial charge in [0.25, 0.3) is 0 Å². The van der Waals surface area contributed by atoms with Crippen LogP contribution in [0.4, 0.5) is 5.69 Å². The maximum Gasteiger partial charge on any atom is 0.190 e. The summed E-state index contributed by atoms with van der Waals surface area (Å²) < 4.78 is 30.9. The number of aryl methyl sites for hydroxylation is 1. The summed E-state index contributed by atoms with van der Waals surface area (Å²) in [5, 5.41) is 8.68. The third-order valence-corrected chi connectivity index (χ3v) is 8.85. The zero-order valence-corrected chi connectivity index (χ0v) is 25.4. The lowest BCUT2D eigenvalue weighted by atomic mass is 9.92. The second-order valence-electron chi connectivity index (χ2n) is 13.1. The van der Waals surface area contributed by atoms with E-state index in [9.17, 15) is 0 Å². The predicted molar refractivity (Wildman–Crippen MR) is 160 cm³/mol. The molecule has 2 N–H and O–H groups in total. The fourth-order valence-electron chi connectivity index (χ4n) is 6.97. The molecule has 8 heteroatoms. The number of anilines is 1. The van der Waals surface area contributed by atoms with Crippen LogP contribution in [0.1, 0.15) is 90.3 Å². The number of unbranched alkanes of at least 4 members (excludes halogenated alkanes) is 5. The van der Waals surface area contributed by atoms with Crippen molar-refractivity contribution >= 4 is 16.6 Å². The van der Waals surface area contributed by atoms with Gasteiger partial charge in [0.05, 0.1) is 5.52 Å². The van der Waals surface area contributed by atoms with E-state index in [-0.39, 0.29) is 24.4 Å². The van der Waals surface area contributed by atoms with E-state index in [1.807, 2.05) is 27.7 Å². The molecule has 226 valence electrons. The molecule has 3 saturated heterocycles. The van der Waals surface area contributed by atoms with Crippen molar-refractivity contribution in [3.8, 4) is 0 Å². The molecule has 0 unspecified atom stereocenters. The Labute approximate surface area is 245 Å². The third-order valence-electron chi connectivity index (χ3n) is 8.85. The van der Waals surface area contributed by atoms with E-state index in [1.165, 1.54) is 67.3 Å². The van der Waals surface area contributed by atoms with Gasteiger partial charge in [0.2, 0.25) is 0 Å². The highest BCUT2D eigenvalue weighted by Crippen LogP contribution is 2.44. The Kier molecular flexibility index (Phi) is 8.87. The maximum atomic E-state index is 6.30. The standard InChI is InChI=1S/C33H49N3O5/c1-32(2)38-28-26(37-31-30(29(28)39-32)40-33(3,4)41-31)21-34-19-13-7-5-6-8-14-20-35-27-22-15-9-11-17-24(22)36-25-18-12-10-16-23(25)27/h9,11,15,17,26,28-31,34H,5-8,10,12-14,16,18-21H2,1-4H3,(H,35,36)/t26-,28+,29+,30-,31-/m1/s1. The van der Waals surface area contributed by atoms with Crippen LogP contribution in [0.25, 0.3) is 10.9 Å². The summed E-state index contributed by atoms with van der Waals surface area (Å²) in [7, 11) is 0. The van der Waals surface area contributed by atoms with Gasteiger partial charge in [0.15, 0.2) is 17.9 Å². The molecule has 0 saturated carbocycles. The number of para-hydroxylation sites is 1. The van der Waals surface area contributed by atoms with Crippen LogP contribution in [0.5, 0.6) is 0 Å². The lowest BCUT2D eigenvalue weighted by Crippen LogP contribution is -2.57. The van der Waals surface area contributed by atoms with Gasteiger partial charge < -0.3 is 34.3 Å². The van der Waals surface area contributed by atoms with Gasteiger partial charge >= 0.3 is 0 Å². The largest absolute Gasteiger partial charge is 0.384 e. The van der Waals surface area contributed by atoms with Crippen molar-refractivity contribution in [3.63, 3.8) is 0 Å². The Morgan fingerprint density at radius 2 is 1.46 bits per heavy atom. The Hall–Kier alpha value is -1.81. The van der Waals surface area contributed by atoms with Gasteiger partial charge in [-0.3, -0.25) is 4.98 Å². The van der Waals surface area contributed by atoms with Crippen molar-refractivity contribution in [2.24, 2.45) is 0 Å². The molecule has 6 rings (SSSR count). The number of nitrogens with one attached hydrogen (secondary N) is 2. The second-order valence-corrected chi connectivity index (χ2v) is 13.1. The average Bonchev–Trinajstić information content (AvgIpc) is 3.44. The zero-order valence-electron chi connectivity index (χ0n) is 25.4. The van der Waals surface area contributed by atoms with E-state index in [0.29, 0.717) is 6.54 Å². The summed E-state index contributed by atoms with van der Waals surface area (Å²) in [5.74, 6) is -1.33. The van der Waals surface area contributed by atoms with Gasteiger partial charge in [0.1, 0.15) is 24.4 Å². The monoisotopic (exact) mass is 567 g/mol. The molecule has 0 radical (unpaired) electrons. The summed E-state index contributed by atoms with van der Waals surface area (Å²) in [4.78, 5) is 4.97. The van der Waals surface area contributed by atoms with Gasteiger partial charge in [-0.15, -0.1) is 0 Å². The minimum atomic E-state index is -0.679. The highest BCUT2D eigenvalue weighted by Gasteiger charge is 2.60. The van der Waals surface area contributed by atoms with Crippen LogP contribution in [-0.2, 0) is 36.5 Å². The molecule has 0 bridgehead atoms. The molecule has 1 aromatic heterocycles.